The molecule has 8 amide bonds. The number of aromatic hydroxyl groups is 1. The highest BCUT2D eigenvalue weighted by Crippen LogP contribution is 2.27. The molecule has 16 atom stereocenters. The van der Waals surface area contributed by atoms with Crippen molar-refractivity contribution in [2.75, 3.05) is 13.1 Å². The summed E-state index contributed by atoms with van der Waals surface area (Å²) in [6.45, 7) is 6.57. The molecule has 0 radical (unpaired) electrons. The Balaban J connectivity index is 1.69. The third-order valence-electron chi connectivity index (χ3n) is 14.3. The second kappa shape index (κ2) is 29.1. The number of carbonyl (C=O) groups is 8. The SMILES string of the molecule is CCC(C)CC(C)CCCCCCCCC(=O)N[C@@H]1C[C@H](O)[C@H](O)NC(=O)[C@@H]2C[C@@H](O)CN2C(=O)[C@H]([C@H](O)CC(N)=O)NC(=O)[C@H]([C@H](O)[C@@H](O)c2ccc(O)cc2)NC(=O)[C@@H]2C[C@@H](O)CN2C(=O)[C@H]([C@@H](C)O)NC1=O. The number of hydrogen-bond donors (Lipinski definition) is 15. The van der Waals surface area contributed by atoms with E-state index in [0.29, 0.717) is 29.6 Å². The summed E-state index contributed by atoms with van der Waals surface area (Å²) in [6, 6.07) is -7.16. The van der Waals surface area contributed by atoms with E-state index < -0.39 is 171 Å². The van der Waals surface area contributed by atoms with Crippen LogP contribution in [0.3, 0.4) is 0 Å². The number of phenols is 1. The van der Waals surface area contributed by atoms with Crippen LogP contribution in [0.5, 0.6) is 5.75 Å². The molecule has 0 bridgehead atoms. The quantitative estimate of drug-likeness (QED) is 0.0568. The highest BCUT2D eigenvalue weighted by Gasteiger charge is 2.48. The largest absolute Gasteiger partial charge is 0.508 e. The van der Waals surface area contributed by atoms with Crippen molar-refractivity contribution in [1.82, 2.24) is 36.4 Å². The van der Waals surface area contributed by atoms with Crippen LogP contribution in [-0.2, 0) is 38.4 Å². The van der Waals surface area contributed by atoms with Crippen molar-refractivity contribution in [1.29, 1.82) is 0 Å². The molecule has 422 valence electrons. The van der Waals surface area contributed by atoms with E-state index in [0.717, 1.165) is 74.6 Å². The molecule has 0 saturated carbocycles. The number of fused-ring (bicyclic) bond motifs is 2. The van der Waals surface area contributed by atoms with E-state index in [1.54, 1.807) is 0 Å². The third kappa shape index (κ3) is 18.0. The van der Waals surface area contributed by atoms with Crippen LogP contribution in [0.4, 0.5) is 0 Å². The number of nitrogens with zero attached hydrogens (tertiary/aromatic N) is 2. The smallest absolute Gasteiger partial charge is 0.248 e. The van der Waals surface area contributed by atoms with E-state index in [4.69, 9.17) is 5.73 Å². The molecule has 16 N–H and O–H groups in total. The zero-order valence-corrected chi connectivity index (χ0v) is 43.1. The molecule has 2 unspecified atom stereocenters. The fraction of sp³-hybridized carbons (Fsp3) is 0.720. The number of amides is 8. The lowest BCUT2D eigenvalue weighted by atomic mass is 9.91. The average Bonchev–Trinajstić information content (AvgIpc) is 3.95. The molecule has 75 heavy (non-hydrogen) atoms. The molecule has 3 aliphatic rings. The van der Waals surface area contributed by atoms with Gasteiger partial charge in [-0.25, -0.2) is 0 Å². The Morgan fingerprint density at radius 3 is 1.76 bits per heavy atom. The first-order valence-electron chi connectivity index (χ1n) is 26.0. The molecule has 0 aliphatic carbocycles. The molecule has 4 rings (SSSR count). The first-order valence-corrected chi connectivity index (χ1v) is 26.0. The number of rotatable bonds is 20. The Morgan fingerprint density at radius 2 is 1.20 bits per heavy atom. The van der Waals surface area contributed by atoms with Gasteiger partial charge in [0.2, 0.25) is 47.3 Å². The molecular weight excluding hydrogens is 985 g/mol. The van der Waals surface area contributed by atoms with Crippen molar-refractivity contribution in [3.63, 3.8) is 0 Å². The molecule has 3 fully saturated rings. The van der Waals surface area contributed by atoms with Crippen molar-refractivity contribution in [3.05, 3.63) is 29.8 Å². The molecule has 3 saturated heterocycles. The Kier molecular flexibility index (Phi) is 24.1. The Morgan fingerprint density at radius 1 is 0.680 bits per heavy atom. The number of nitrogens with one attached hydrogen (secondary N) is 5. The topological polar surface area (TPSA) is 411 Å². The zero-order valence-electron chi connectivity index (χ0n) is 43.1. The van der Waals surface area contributed by atoms with Gasteiger partial charge in [-0.1, -0.05) is 77.8 Å². The monoisotopic (exact) mass is 1060 g/mol. The van der Waals surface area contributed by atoms with Crippen LogP contribution >= 0.6 is 0 Å². The van der Waals surface area contributed by atoms with Crippen LogP contribution in [0.15, 0.2) is 24.3 Å². The highest BCUT2D eigenvalue weighted by atomic mass is 16.3. The van der Waals surface area contributed by atoms with Gasteiger partial charge in [-0.2, -0.15) is 0 Å². The lowest BCUT2D eigenvalue weighted by Gasteiger charge is -2.34. The maximum atomic E-state index is 14.4. The van der Waals surface area contributed by atoms with Gasteiger partial charge < -0.3 is 88.1 Å². The summed E-state index contributed by atoms with van der Waals surface area (Å²) in [6.07, 6.45) is -10.0. The minimum absolute atomic E-state index is 0.0751. The first kappa shape index (κ1) is 62.0. The molecular formula is C50H80N8O17. The van der Waals surface area contributed by atoms with Crippen molar-refractivity contribution in [3.8, 4) is 5.75 Å². The van der Waals surface area contributed by atoms with Crippen LogP contribution in [0.25, 0.3) is 0 Å². The van der Waals surface area contributed by atoms with Crippen molar-refractivity contribution in [2.24, 2.45) is 17.6 Å². The summed E-state index contributed by atoms with van der Waals surface area (Å²) in [7, 11) is 0. The van der Waals surface area contributed by atoms with Crippen LogP contribution in [0.1, 0.15) is 129 Å². The average molecular weight is 1070 g/mol. The van der Waals surface area contributed by atoms with E-state index >= 15 is 0 Å². The maximum absolute atomic E-state index is 14.4. The number of nitrogens with two attached hydrogens (primary N) is 1. The number of carbonyl (C=O) groups excluding carboxylic acids is 8. The van der Waals surface area contributed by atoms with Gasteiger partial charge in [0, 0.05) is 38.8 Å². The summed E-state index contributed by atoms with van der Waals surface area (Å²) < 4.78 is 0. The Bertz CT molecular complexity index is 2100. The summed E-state index contributed by atoms with van der Waals surface area (Å²) in [5, 5.41) is 110. The number of benzene rings is 1. The standard InChI is InChI=1S/C50H80N8O17/c1-5-25(2)18-26(3)12-10-8-6-7-9-11-13-38(66)52-32-21-36(64)47(72)56-46(71)34-20-31(62)24-58(34)50(75)40(35(63)22-37(51)65)54-48(73)41(43(68)42(67)28-14-16-29(60)17-15-28)55-45(70)33-19-30(61)23-57(33)49(74)39(27(4)59)53-44(32)69/h14-17,25-27,30-36,39-43,47,59-64,67-68,72H,5-13,18-24H2,1-4H3,(H2,51,65)(H,52,66)(H,53,69)(H,54,73)(H,55,70)(H,56,71)/t25?,26?,27-,30-,31-,32-,33+,34+,35-,36+,39+,40+,41+,42+,43+,47+/m1/s1. The van der Waals surface area contributed by atoms with Crippen LogP contribution in [0, 0.1) is 11.8 Å². The van der Waals surface area contributed by atoms with E-state index in [2.05, 4.69) is 47.4 Å². The van der Waals surface area contributed by atoms with Crippen molar-refractivity contribution in [2.45, 2.75) is 203 Å². The van der Waals surface area contributed by atoms with Gasteiger partial charge >= 0.3 is 0 Å². The molecule has 0 spiro atoms. The van der Waals surface area contributed by atoms with Crippen LogP contribution in [-0.4, -0.2) is 195 Å². The molecule has 0 aromatic heterocycles. The third-order valence-corrected chi connectivity index (χ3v) is 14.3. The van der Waals surface area contributed by atoms with E-state index in [1.807, 2.05) is 0 Å². The number of aliphatic hydroxyl groups excluding tert-OH is 8. The van der Waals surface area contributed by atoms with Crippen LogP contribution in [0.2, 0.25) is 0 Å². The normalized spacial score (nSPS) is 29.0. The molecule has 1 aromatic rings. The lowest BCUT2D eigenvalue weighted by Crippen LogP contribution is -2.64. The molecule has 3 heterocycles. The van der Waals surface area contributed by atoms with Gasteiger partial charge in [0.1, 0.15) is 60.3 Å². The van der Waals surface area contributed by atoms with Gasteiger partial charge in [0.05, 0.1) is 30.8 Å². The molecule has 3 aliphatic heterocycles. The van der Waals surface area contributed by atoms with Crippen molar-refractivity contribution < 1.29 is 84.3 Å². The number of aliphatic hydroxyl groups is 8. The first-order chi connectivity index (χ1) is 35.3. The predicted octanol–water partition coefficient (Wildman–Crippen LogP) is -3.34. The van der Waals surface area contributed by atoms with Gasteiger partial charge in [-0.15, -0.1) is 0 Å². The predicted molar refractivity (Wildman–Crippen MR) is 265 cm³/mol. The summed E-state index contributed by atoms with van der Waals surface area (Å²) >= 11 is 0. The fourth-order valence-corrected chi connectivity index (χ4v) is 9.77. The lowest BCUT2D eigenvalue weighted by molar-refractivity contribution is -0.148. The van der Waals surface area contributed by atoms with Crippen molar-refractivity contribution >= 4 is 47.3 Å². The number of unbranched alkanes of at least 4 members (excludes halogenated alkanes) is 5. The second-order valence-electron chi connectivity index (χ2n) is 20.6. The van der Waals surface area contributed by atoms with Crippen LogP contribution < -0.4 is 32.3 Å². The number of phenolic OH excluding ortho intramolecular Hbond substituents is 1. The minimum atomic E-state index is -2.36. The maximum Gasteiger partial charge on any atom is 0.248 e. The van der Waals surface area contributed by atoms with Gasteiger partial charge in [0.25, 0.3) is 0 Å². The number of primary amides is 1. The molecule has 25 heteroatoms. The van der Waals surface area contributed by atoms with Gasteiger partial charge in [-0.05, 0) is 49.3 Å². The summed E-state index contributed by atoms with van der Waals surface area (Å²) in [4.78, 5) is 112. The summed E-state index contributed by atoms with van der Waals surface area (Å²) in [5.74, 6) is -8.48. The zero-order chi connectivity index (χ0) is 55.8. The van der Waals surface area contributed by atoms with E-state index in [1.165, 1.54) is 6.42 Å². The second-order valence-corrected chi connectivity index (χ2v) is 20.6. The van der Waals surface area contributed by atoms with Gasteiger partial charge in [-0.3, -0.25) is 38.4 Å². The Labute approximate surface area is 436 Å². The molecule has 1 aromatic carbocycles. The van der Waals surface area contributed by atoms with Gasteiger partial charge in [0.15, 0.2) is 6.23 Å². The minimum Gasteiger partial charge on any atom is -0.508 e. The van der Waals surface area contributed by atoms with E-state index in [9.17, 15) is 84.3 Å². The van der Waals surface area contributed by atoms with E-state index in [-0.39, 0.29) is 17.7 Å². The summed E-state index contributed by atoms with van der Waals surface area (Å²) in [5.41, 5.74) is 5.21. The highest BCUT2D eigenvalue weighted by molar-refractivity contribution is 5.98. The Hall–Kier alpha value is -5.54. The molecule has 25 nitrogen and oxygen atoms in total. The fourth-order valence-electron chi connectivity index (χ4n) is 9.77. The number of hydrogen-bond acceptors (Lipinski definition) is 17.